The van der Waals surface area contributed by atoms with Gasteiger partial charge in [-0.1, -0.05) is 37.6 Å². The molecule has 0 fully saturated rings. The second-order valence-corrected chi connectivity index (χ2v) is 7.42. The number of ether oxygens (including phenoxy) is 1. The number of carbonyl (C=O) groups excluding carboxylic acids is 1. The molecule has 2 heterocycles. The van der Waals surface area contributed by atoms with Crippen LogP contribution in [0.1, 0.15) is 53.9 Å². The van der Waals surface area contributed by atoms with Gasteiger partial charge in [-0.05, 0) is 42.7 Å². The lowest BCUT2D eigenvalue weighted by Crippen LogP contribution is -2.31. The van der Waals surface area contributed by atoms with Crippen molar-refractivity contribution in [3.8, 4) is 5.75 Å². The van der Waals surface area contributed by atoms with Gasteiger partial charge in [0, 0.05) is 13.2 Å². The van der Waals surface area contributed by atoms with Gasteiger partial charge in [-0.2, -0.15) is 0 Å². The third-order valence-electron chi connectivity index (χ3n) is 5.37. The normalized spacial score (nSPS) is 15.6. The van der Waals surface area contributed by atoms with Gasteiger partial charge in [-0.15, -0.1) is 0 Å². The van der Waals surface area contributed by atoms with Gasteiger partial charge in [-0.3, -0.25) is 9.59 Å². The van der Waals surface area contributed by atoms with Crippen molar-refractivity contribution < 1.29 is 19.1 Å². The molecule has 1 aromatic heterocycles. The minimum Gasteiger partial charge on any atom is -0.494 e. The van der Waals surface area contributed by atoms with Crippen molar-refractivity contribution in [2.45, 2.75) is 32.2 Å². The molecule has 4 rings (SSSR count). The number of carbonyl (C=O) groups is 1. The summed E-state index contributed by atoms with van der Waals surface area (Å²) >= 11 is 0. The third-order valence-corrected chi connectivity index (χ3v) is 5.37. The third kappa shape index (κ3) is 3.59. The first-order chi connectivity index (χ1) is 14.7. The van der Waals surface area contributed by atoms with Crippen molar-refractivity contribution in [2.75, 3.05) is 19.8 Å². The zero-order chi connectivity index (χ0) is 21.1. The highest BCUT2D eigenvalue weighted by molar-refractivity contribution is 5.99. The molecule has 2 aromatic carbocycles. The summed E-state index contributed by atoms with van der Waals surface area (Å²) in [5.41, 5.74) is 1.34. The molecule has 3 aromatic rings. The maximum atomic E-state index is 13.3. The number of benzene rings is 2. The Morgan fingerprint density at radius 1 is 1.10 bits per heavy atom. The SMILES string of the molecule is CCCCOc1cccc(C2c3c(oc4ccccc4c3=O)C(=O)N2CCCO)c1. The Labute approximate surface area is 174 Å². The zero-order valence-electron chi connectivity index (χ0n) is 17.0. The summed E-state index contributed by atoms with van der Waals surface area (Å²) in [4.78, 5) is 28.1. The van der Waals surface area contributed by atoms with Gasteiger partial charge in [0.1, 0.15) is 11.3 Å². The second-order valence-electron chi connectivity index (χ2n) is 7.42. The summed E-state index contributed by atoms with van der Waals surface area (Å²) in [6.45, 7) is 2.99. The van der Waals surface area contributed by atoms with Gasteiger partial charge in [0.15, 0.2) is 5.43 Å². The topological polar surface area (TPSA) is 80.0 Å². The van der Waals surface area contributed by atoms with Crippen LogP contribution >= 0.6 is 0 Å². The smallest absolute Gasteiger partial charge is 0.290 e. The predicted molar refractivity (Wildman–Crippen MR) is 114 cm³/mol. The molecule has 6 nitrogen and oxygen atoms in total. The fraction of sp³-hybridized carbons (Fsp3) is 0.333. The Hall–Kier alpha value is -3.12. The van der Waals surface area contributed by atoms with Crippen LogP contribution in [-0.4, -0.2) is 35.7 Å². The number of rotatable bonds is 8. The van der Waals surface area contributed by atoms with Gasteiger partial charge in [0.05, 0.1) is 23.6 Å². The molecule has 1 amide bonds. The first-order valence-electron chi connectivity index (χ1n) is 10.4. The van der Waals surface area contributed by atoms with E-state index in [1.165, 1.54) is 0 Å². The second kappa shape index (κ2) is 8.71. The Morgan fingerprint density at radius 3 is 2.73 bits per heavy atom. The molecule has 0 saturated carbocycles. The van der Waals surface area contributed by atoms with E-state index >= 15 is 0 Å². The lowest BCUT2D eigenvalue weighted by atomic mass is 9.98. The van der Waals surface area contributed by atoms with Crippen LogP contribution < -0.4 is 10.2 Å². The number of hydrogen-bond acceptors (Lipinski definition) is 5. The highest BCUT2D eigenvalue weighted by Crippen LogP contribution is 2.39. The molecule has 0 radical (unpaired) electrons. The van der Waals surface area contributed by atoms with E-state index in [9.17, 15) is 14.7 Å². The molecule has 0 aliphatic carbocycles. The lowest BCUT2D eigenvalue weighted by Gasteiger charge is -2.25. The summed E-state index contributed by atoms with van der Waals surface area (Å²) in [6.07, 6.45) is 2.40. The molecule has 30 heavy (non-hydrogen) atoms. The van der Waals surface area contributed by atoms with Gasteiger partial charge in [0.25, 0.3) is 5.91 Å². The molecule has 1 aliphatic heterocycles. The average Bonchev–Trinajstić information content (AvgIpc) is 3.05. The summed E-state index contributed by atoms with van der Waals surface area (Å²) in [5.74, 6) is 0.455. The molecule has 0 bridgehead atoms. The van der Waals surface area contributed by atoms with Crippen LogP contribution in [0, 0.1) is 0 Å². The number of fused-ring (bicyclic) bond motifs is 2. The summed E-state index contributed by atoms with van der Waals surface area (Å²) in [6, 6.07) is 13.9. The predicted octanol–water partition coefficient (Wildman–Crippen LogP) is 3.90. The maximum Gasteiger partial charge on any atom is 0.290 e. The number of aliphatic hydroxyl groups excluding tert-OH is 1. The average molecular weight is 407 g/mol. The van der Waals surface area contributed by atoms with E-state index in [2.05, 4.69) is 6.92 Å². The molecule has 0 spiro atoms. The van der Waals surface area contributed by atoms with Crippen LogP contribution in [0.5, 0.6) is 5.75 Å². The summed E-state index contributed by atoms with van der Waals surface area (Å²) in [5, 5.41) is 9.77. The molecule has 1 unspecified atom stereocenters. The van der Waals surface area contributed by atoms with Crippen LogP contribution in [-0.2, 0) is 0 Å². The van der Waals surface area contributed by atoms with Gasteiger partial charge >= 0.3 is 0 Å². The molecular formula is C24H25NO5. The molecule has 1 aliphatic rings. The van der Waals surface area contributed by atoms with Crippen molar-refractivity contribution in [1.82, 2.24) is 4.90 Å². The van der Waals surface area contributed by atoms with Crippen LogP contribution in [0.2, 0.25) is 0 Å². The Bertz CT molecular complexity index is 1120. The van der Waals surface area contributed by atoms with E-state index < -0.39 is 6.04 Å². The fourth-order valence-corrected chi connectivity index (χ4v) is 3.89. The molecule has 1 atom stereocenters. The molecule has 1 N–H and O–H groups in total. The molecule has 0 saturated heterocycles. The van der Waals surface area contributed by atoms with Gasteiger partial charge in [0.2, 0.25) is 5.76 Å². The van der Waals surface area contributed by atoms with Gasteiger partial charge < -0.3 is 19.2 Å². The Balaban J connectivity index is 1.83. The van der Waals surface area contributed by atoms with Crippen molar-refractivity contribution in [1.29, 1.82) is 0 Å². The van der Waals surface area contributed by atoms with Crippen molar-refractivity contribution in [2.24, 2.45) is 0 Å². The number of aliphatic hydroxyl groups is 1. The van der Waals surface area contributed by atoms with Crippen molar-refractivity contribution >= 4 is 16.9 Å². The minimum absolute atomic E-state index is 0.0453. The maximum absolute atomic E-state index is 13.3. The highest BCUT2D eigenvalue weighted by Gasteiger charge is 2.42. The first kappa shape index (κ1) is 20.2. The summed E-state index contributed by atoms with van der Waals surface area (Å²) < 4.78 is 11.7. The van der Waals surface area contributed by atoms with E-state index in [0.29, 0.717) is 41.9 Å². The van der Waals surface area contributed by atoms with Gasteiger partial charge in [-0.25, -0.2) is 0 Å². The zero-order valence-corrected chi connectivity index (χ0v) is 17.0. The standard InChI is InChI=1S/C24H25NO5/c1-2-3-14-29-17-9-6-8-16(15-17)21-20-22(27)18-10-4-5-11-19(18)30-23(20)24(28)25(21)12-7-13-26/h4-6,8-11,15,21,26H,2-3,7,12-14H2,1H3. The number of para-hydroxylation sites is 1. The Morgan fingerprint density at radius 2 is 1.93 bits per heavy atom. The number of nitrogens with zero attached hydrogens (tertiary/aromatic N) is 1. The number of amides is 1. The quantitative estimate of drug-likeness (QED) is 0.573. The molecule has 156 valence electrons. The molecule has 6 heteroatoms. The minimum atomic E-state index is -0.574. The first-order valence-corrected chi connectivity index (χ1v) is 10.4. The van der Waals surface area contributed by atoms with Crippen LogP contribution in [0.4, 0.5) is 0 Å². The van der Waals surface area contributed by atoms with E-state index in [1.807, 2.05) is 24.3 Å². The highest BCUT2D eigenvalue weighted by atomic mass is 16.5. The number of unbranched alkanes of at least 4 members (excludes halogenated alkanes) is 1. The van der Waals surface area contributed by atoms with E-state index in [4.69, 9.17) is 9.15 Å². The van der Waals surface area contributed by atoms with Crippen LogP contribution in [0.25, 0.3) is 11.0 Å². The monoisotopic (exact) mass is 407 g/mol. The van der Waals surface area contributed by atoms with Crippen molar-refractivity contribution in [3.05, 3.63) is 75.6 Å². The number of hydrogen-bond donors (Lipinski definition) is 1. The van der Waals surface area contributed by atoms with E-state index in [0.717, 1.165) is 18.4 Å². The summed E-state index contributed by atoms with van der Waals surface area (Å²) in [7, 11) is 0. The lowest BCUT2D eigenvalue weighted by molar-refractivity contribution is 0.0716. The van der Waals surface area contributed by atoms with Crippen LogP contribution in [0.3, 0.4) is 0 Å². The van der Waals surface area contributed by atoms with Crippen molar-refractivity contribution in [3.63, 3.8) is 0 Å². The van der Waals surface area contributed by atoms with Crippen LogP contribution in [0.15, 0.2) is 57.7 Å². The van der Waals surface area contributed by atoms with E-state index in [-0.39, 0.29) is 23.7 Å². The van der Waals surface area contributed by atoms with E-state index in [1.54, 1.807) is 29.2 Å². The Kier molecular flexibility index (Phi) is 5.86. The fourth-order valence-electron chi connectivity index (χ4n) is 3.89. The molecular weight excluding hydrogens is 382 g/mol. The largest absolute Gasteiger partial charge is 0.494 e.